The maximum Gasteiger partial charge on any atom is 0.0840 e. The average Bonchev–Trinajstić information content (AvgIpc) is 2.66. The van der Waals surface area contributed by atoms with Gasteiger partial charge in [0.25, 0.3) is 0 Å². The molecule has 0 saturated heterocycles. The monoisotopic (exact) mass is 450 g/mol. The van der Waals surface area contributed by atoms with Crippen LogP contribution >= 0.6 is 35.3 Å². The van der Waals surface area contributed by atoms with Crippen molar-refractivity contribution in [3.63, 3.8) is 0 Å². The van der Waals surface area contributed by atoms with Crippen LogP contribution in [0.15, 0.2) is 48.5 Å². The van der Waals surface area contributed by atoms with Gasteiger partial charge in [-0.3, -0.25) is 0 Å². The minimum absolute atomic E-state index is 0.764. The molecule has 0 aliphatic heterocycles. The first-order chi connectivity index (χ1) is 13.7. The summed E-state index contributed by atoms with van der Waals surface area (Å²) in [6.45, 7) is 7.28. The van der Waals surface area contributed by atoms with E-state index in [-0.39, 0.29) is 0 Å². The van der Waals surface area contributed by atoms with Crippen LogP contribution in [-0.2, 0) is 22.7 Å². The van der Waals surface area contributed by atoms with Crippen LogP contribution in [0.5, 0.6) is 0 Å². The number of hydrogen-bond donors (Lipinski definition) is 2. The maximum atomic E-state index is 10.0. The molecule has 2 aromatic carbocycles. The standard InChI is InChI=1S/C24H34O2S3/c1-23(2,25)21-9-5-19(6-10-21)17-28-15-13-27-14-16-29-18-20-7-11-22(12-8-20)24(3,4)26/h5-12,25-26H,13-18H2,1-4H3. The summed E-state index contributed by atoms with van der Waals surface area (Å²) in [5.74, 6) is 6.77. The molecule has 0 aromatic heterocycles. The van der Waals surface area contributed by atoms with E-state index >= 15 is 0 Å². The minimum Gasteiger partial charge on any atom is -0.386 e. The van der Waals surface area contributed by atoms with Gasteiger partial charge < -0.3 is 10.2 Å². The van der Waals surface area contributed by atoms with Crippen molar-refractivity contribution >= 4 is 35.3 Å². The second kappa shape index (κ2) is 11.7. The molecule has 0 atom stereocenters. The summed E-state index contributed by atoms with van der Waals surface area (Å²) in [6.07, 6.45) is 0. The van der Waals surface area contributed by atoms with E-state index in [1.54, 1.807) is 0 Å². The normalized spacial score (nSPS) is 12.3. The molecule has 0 fully saturated rings. The van der Waals surface area contributed by atoms with Crippen LogP contribution < -0.4 is 0 Å². The van der Waals surface area contributed by atoms with Crippen LogP contribution in [0.1, 0.15) is 49.9 Å². The molecule has 0 spiro atoms. The first-order valence-electron chi connectivity index (χ1n) is 10.0. The molecule has 0 heterocycles. The first-order valence-corrected chi connectivity index (χ1v) is 13.5. The Morgan fingerprint density at radius 2 is 0.862 bits per heavy atom. The Morgan fingerprint density at radius 1 is 0.552 bits per heavy atom. The quantitative estimate of drug-likeness (QED) is 0.386. The summed E-state index contributed by atoms with van der Waals surface area (Å²) in [5.41, 5.74) is 3.04. The molecule has 0 bridgehead atoms. The third kappa shape index (κ3) is 9.39. The molecule has 0 aliphatic carbocycles. The lowest BCUT2D eigenvalue weighted by atomic mass is 9.98. The smallest absolute Gasteiger partial charge is 0.0840 e. The molecule has 29 heavy (non-hydrogen) atoms. The first kappa shape index (κ1) is 24.7. The highest BCUT2D eigenvalue weighted by Crippen LogP contribution is 2.23. The van der Waals surface area contributed by atoms with Gasteiger partial charge in [0, 0.05) is 34.5 Å². The maximum absolute atomic E-state index is 10.0. The molecule has 0 aliphatic rings. The Hall–Kier alpha value is -0.590. The minimum atomic E-state index is -0.764. The zero-order chi connectivity index (χ0) is 21.3. The summed E-state index contributed by atoms with van der Waals surface area (Å²) in [7, 11) is 0. The number of rotatable bonds is 12. The van der Waals surface area contributed by atoms with Crippen LogP contribution in [0.2, 0.25) is 0 Å². The average molecular weight is 451 g/mol. The molecule has 0 saturated carbocycles. The second-order valence-corrected chi connectivity index (χ2v) is 11.7. The molecule has 160 valence electrons. The SMILES string of the molecule is CC(C)(O)c1ccc(CSCCSCCSCc2ccc(C(C)(C)O)cc2)cc1. The topological polar surface area (TPSA) is 40.5 Å². The highest BCUT2D eigenvalue weighted by atomic mass is 32.2. The van der Waals surface area contributed by atoms with Gasteiger partial charge in [-0.15, -0.1) is 0 Å². The Labute approximate surface area is 189 Å². The van der Waals surface area contributed by atoms with E-state index in [1.165, 1.54) is 34.1 Å². The zero-order valence-electron chi connectivity index (χ0n) is 18.0. The summed E-state index contributed by atoms with van der Waals surface area (Å²) in [6, 6.07) is 16.6. The van der Waals surface area contributed by atoms with E-state index < -0.39 is 11.2 Å². The largest absolute Gasteiger partial charge is 0.386 e. The molecule has 0 amide bonds. The van der Waals surface area contributed by atoms with Crippen molar-refractivity contribution in [3.05, 3.63) is 70.8 Å². The van der Waals surface area contributed by atoms with E-state index in [1.807, 2.05) is 87.2 Å². The summed E-state index contributed by atoms with van der Waals surface area (Å²) < 4.78 is 0. The van der Waals surface area contributed by atoms with Gasteiger partial charge in [-0.25, -0.2) is 0 Å². The Morgan fingerprint density at radius 3 is 1.17 bits per heavy atom. The van der Waals surface area contributed by atoms with Crippen molar-refractivity contribution in [2.45, 2.75) is 50.4 Å². The Bertz CT molecular complexity index is 650. The molecule has 2 nitrogen and oxygen atoms in total. The van der Waals surface area contributed by atoms with Crippen molar-refractivity contribution in [1.29, 1.82) is 0 Å². The highest BCUT2D eigenvalue weighted by Gasteiger charge is 2.15. The molecule has 0 unspecified atom stereocenters. The predicted molar refractivity (Wildman–Crippen MR) is 133 cm³/mol. The molecule has 0 radical (unpaired) electrons. The number of hydrogen-bond acceptors (Lipinski definition) is 5. The summed E-state index contributed by atoms with van der Waals surface area (Å²) in [5, 5.41) is 20.0. The molecule has 5 heteroatoms. The van der Waals surface area contributed by atoms with Gasteiger partial charge in [-0.05, 0) is 49.9 Å². The van der Waals surface area contributed by atoms with E-state index in [2.05, 4.69) is 24.3 Å². The Kier molecular flexibility index (Phi) is 9.96. The fraction of sp³-hybridized carbons (Fsp3) is 0.500. The number of thioether (sulfide) groups is 3. The van der Waals surface area contributed by atoms with Crippen molar-refractivity contribution < 1.29 is 10.2 Å². The fourth-order valence-electron chi connectivity index (χ4n) is 2.74. The lowest BCUT2D eigenvalue weighted by Gasteiger charge is -2.17. The van der Waals surface area contributed by atoms with E-state index in [0.717, 1.165) is 22.6 Å². The number of aliphatic hydroxyl groups is 2. The summed E-state index contributed by atoms with van der Waals surface area (Å²) >= 11 is 5.97. The third-order valence-electron chi connectivity index (χ3n) is 4.60. The second-order valence-electron chi connectivity index (χ2n) is 8.23. The van der Waals surface area contributed by atoms with Crippen LogP contribution in [0.4, 0.5) is 0 Å². The van der Waals surface area contributed by atoms with Crippen LogP contribution in [0.3, 0.4) is 0 Å². The van der Waals surface area contributed by atoms with Crippen LogP contribution in [-0.4, -0.2) is 33.2 Å². The van der Waals surface area contributed by atoms with Gasteiger partial charge in [-0.2, -0.15) is 35.3 Å². The van der Waals surface area contributed by atoms with E-state index in [0.29, 0.717) is 0 Å². The van der Waals surface area contributed by atoms with Crippen molar-refractivity contribution in [1.82, 2.24) is 0 Å². The molecule has 2 rings (SSSR count). The van der Waals surface area contributed by atoms with E-state index in [4.69, 9.17) is 0 Å². The van der Waals surface area contributed by atoms with Crippen LogP contribution in [0, 0.1) is 0 Å². The highest BCUT2D eigenvalue weighted by molar-refractivity contribution is 8.04. The van der Waals surface area contributed by atoms with Crippen LogP contribution in [0.25, 0.3) is 0 Å². The fourth-order valence-corrected chi connectivity index (χ4v) is 5.97. The molecular weight excluding hydrogens is 416 g/mol. The lowest BCUT2D eigenvalue weighted by molar-refractivity contribution is 0.0780. The van der Waals surface area contributed by atoms with Crippen molar-refractivity contribution in [2.24, 2.45) is 0 Å². The van der Waals surface area contributed by atoms with Gasteiger partial charge >= 0.3 is 0 Å². The molecule has 2 aromatic rings. The zero-order valence-corrected chi connectivity index (χ0v) is 20.4. The van der Waals surface area contributed by atoms with Gasteiger partial charge in [0.2, 0.25) is 0 Å². The Balaban J connectivity index is 1.51. The van der Waals surface area contributed by atoms with Gasteiger partial charge in [-0.1, -0.05) is 48.5 Å². The van der Waals surface area contributed by atoms with Gasteiger partial charge in [0.05, 0.1) is 11.2 Å². The molecular formula is C24H34O2S3. The lowest BCUT2D eigenvalue weighted by Crippen LogP contribution is -2.15. The van der Waals surface area contributed by atoms with Gasteiger partial charge in [0.1, 0.15) is 0 Å². The van der Waals surface area contributed by atoms with Gasteiger partial charge in [0.15, 0.2) is 0 Å². The molecule has 2 N–H and O–H groups in total. The van der Waals surface area contributed by atoms with E-state index in [9.17, 15) is 10.2 Å². The van der Waals surface area contributed by atoms with Crippen molar-refractivity contribution in [3.8, 4) is 0 Å². The predicted octanol–water partition coefficient (Wildman–Crippen LogP) is 6.04. The summed E-state index contributed by atoms with van der Waals surface area (Å²) in [4.78, 5) is 0. The van der Waals surface area contributed by atoms with Crippen molar-refractivity contribution in [2.75, 3.05) is 23.0 Å². The number of benzene rings is 2. The third-order valence-corrected chi connectivity index (χ3v) is 8.17.